The van der Waals surface area contributed by atoms with Crippen LogP contribution in [0.3, 0.4) is 0 Å². The minimum Gasteiger partial charge on any atom is -0.450 e. The topological polar surface area (TPSA) is 261 Å². The third-order valence-electron chi connectivity index (χ3n) is 7.68. The van der Waals surface area contributed by atoms with Gasteiger partial charge in [-0.15, -0.1) is 0 Å². The maximum absolute atomic E-state index is 14.3. The molecular formula is C30H20BrCl2FN8O10S3. The molecule has 0 fully saturated rings. The lowest BCUT2D eigenvalue weighted by atomic mass is 10.2. The van der Waals surface area contributed by atoms with Crippen molar-refractivity contribution in [1.82, 2.24) is 15.0 Å². The second-order valence-electron chi connectivity index (χ2n) is 11.5. The second kappa shape index (κ2) is 14.4. The number of aromatic nitrogens is 3. The van der Waals surface area contributed by atoms with E-state index < -0.39 is 58.6 Å². The van der Waals surface area contributed by atoms with Gasteiger partial charge in [0.25, 0.3) is 20.2 Å². The Labute approximate surface area is 329 Å². The minimum atomic E-state index is -5.04. The molecule has 1 atom stereocenters. The number of rotatable bonds is 10. The molecule has 0 radical (unpaired) electrons. The van der Waals surface area contributed by atoms with E-state index in [1.807, 2.05) is 0 Å². The molecule has 3 heterocycles. The van der Waals surface area contributed by atoms with E-state index in [-0.39, 0.29) is 82.9 Å². The largest absolute Gasteiger partial charge is 0.450 e. The van der Waals surface area contributed by atoms with Gasteiger partial charge in [0, 0.05) is 22.7 Å². The lowest BCUT2D eigenvalue weighted by Gasteiger charge is -2.24. The number of hydrogen-bond donors (Lipinski definition) is 6. The van der Waals surface area contributed by atoms with Crippen molar-refractivity contribution in [2.45, 2.75) is 27.7 Å². The molecule has 4 aromatic carbocycles. The van der Waals surface area contributed by atoms with Gasteiger partial charge in [-0.2, -0.15) is 36.2 Å². The summed E-state index contributed by atoms with van der Waals surface area (Å²) in [6.45, 7) is 1.57. The molecule has 0 saturated carbocycles. The van der Waals surface area contributed by atoms with Crippen molar-refractivity contribution in [2.24, 2.45) is 9.98 Å². The number of fused-ring (bicyclic) bond motifs is 4. The van der Waals surface area contributed by atoms with Crippen LogP contribution in [-0.2, 0) is 30.9 Å². The Bertz CT molecular complexity index is 2900. The Morgan fingerprint density at radius 1 is 0.800 bits per heavy atom. The van der Waals surface area contributed by atoms with Crippen molar-refractivity contribution in [1.29, 1.82) is 0 Å². The van der Waals surface area contributed by atoms with E-state index in [2.05, 4.69) is 56.8 Å². The zero-order chi connectivity index (χ0) is 39.6. The monoisotopic (exact) mass is 916 g/mol. The van der Waals surface area contributed by atoms with Crippen LogP contribution in [0.15, 0.2) is 77.7 Å². The Hall–Kier alpha value is -4.75. The summed E-state index contributed by atoms with van der Waals surface area (Å²) in [6, 6.07) is 10.3. The fourth-order valence-corrected chi connectivity index (χ4v) is 8.67. The highest BCUT2D eigenvalue weighted by molar-refractivity contribution is 9.10. The highest BCUT2D eigenvalue weighted by atomic mass is 79.9. The van der Waals surface area contributed by atoms with E-state index >= 15 is 0 Å². The Kier molecular flexibility index (Phi) is 10.1. The number of nitrogens with one attached hydrogen (secondary N) is 3. The van der Waals surface area contributed by atoms with Crippen LogP contribution in [0, 0.1) is 6.08 Å². The zero-order valence-corrected chi connectivity index (χ0v) is 32.7. The molecule has 286 valence electrons. The SMILES string of the molecule is CC(CNc1ccc2c(c1S(=O)(=O)O)Oc1c(Cl)c3c(c(Cl)c1=N2)Oc1c(ccc(Br)c1S(=O)(=O)O)N=3)Nc1nc(F)nc(Nc2ccc([SH](=O)=O)cc2)n1. The molecule has 0 saturated heterocycles. The van der Waals surface area contributed by atoms with E-state index in [0.29, 0.717) is 5.69 Å². The number of anilines is 4. The lowest BCUT2D eigenvalue weighted by molar-refractivity contribution is 0.427. The van der Waals surface area contributed by atoms with Crippen molar-refractivity contribution in [2.75, 3.05) is 22.5 Å². The predicted molar refractivity (Wildman–Crippen MR) is 198 cm³/mol. The third-order valence-corrected chi connectivity index (χ3v) is 11.9. The second-order valence-corrected chi connectivity index (χ2v) is 16.8. The fraction of sp³-hybridized carbons (Fsp3) is 0.100. The van der Waals surface area contributed by atoms with Crippen LogP contribution in [0.25, 0.3) is 0 Å². The molecule has 5 aromatic rings. The summed E-state index contributed by atoms with van der Waals surface area (Å²) in [5, 5.41) is 7.68. The van der Waals surface area contributed by atoms with Gasteiger partial charge in [0.2, 0.25) is 11.9 Å². The summed E-state index contributed by atoms with van der Waals surface area (Å²) in [5.41, 5.74) is 0.0712. The molecule has 0 bridgehead atoms. The summed E-state index contributed by atoms with van der Waals surface area (Å²) in [7, 11) is -12.6. The number of hydrogen-bond acceptors (Lipinski definition) is 16. The Morgan fingerprint density at radius 3 is 1.91 bits per heavy atom. The first kappa shape index (κ1) is 38.5. The average Bonchev–Trinajstić information content (AvgIpc) is 3.10. The molecule has 7 rings (SSSR count). The van der Waals surface area contributed by atoms with Gasteiger partial charge in [0.15, 0.2) is 43.5 Å². The Balaban J connectivity index is 1.17. The van der Waals surface area contributed by atoms with E-state index in [1.54, 1.807) is 6.92 Å². The van der Waals surface area contributed by atoms with Gasteiger partial charge >= 0.3 is 6.08 Å². The predicted octanol–water partition coefficient (Wildman–Crippen LogP) is 5.31. The van der Waals surface area contributed by atoms with Crippen LogP contribution in [0.5, 0.6) is 23.0 Å². The first-order valence-electron chi connectivity index (χ1n) is 15.1. The lowest BCUT2D eigenvalue weighted by Crippen LogP contribution is -2.27. The number of thiol groups is 1. The quantitative estimate of drug-likeness (QED) is 0.0750. The van der Waals surface area contributed by atoms with E-state index in [4.69, 9.17) is 32.7 Å². The highest BCUT2D eigenvalue weighted by Crippen LogP contribution is 2.48. The minimum absolute atomic E-state index is 0.0219. The van der Waals surface area contributed by atoms with Gasteiger partial charge in [-0.25, -0.2) is 18.4 Å². The molecule has 0 spiro atoms. The summed E-state index contributed by atoms with van der Waals surface area (Å²) in [4.78, 5) is 18.8. The van der Waals surface area contributed by atoms with E-state index in [1.165, 1.54) is 48.5 Å². The van der Waals surface area contributed by atoms with Gasteiger partial charge in [-0.05, 0) is 71.4 Å². The standard InChI is InChI=1S/C30H20BrCl2FN8O10S3/c1-11(36-29-40-28(34)41-30(42-29)37-12-2-4-13(5-3-12)53(43)44)10-35-17-9-8-16-23(27(17)55(48,49)50)52-25-19(33)20-24(18(32)21(25)39-16)51-22-15(38-20)7-6-14(31)26(22)54(45,46)47/h2-9,11,35,53H,10H2,1H3,(H,45,46,47)(H,48,49,50)(H2,36,37,40,41,42). The summed E-state index contributed by atoms with van der Waals surface area (Å²) < 4.78 is 119. The number of benzene rings is 4. The summed E-state index contributed by atoms with van der Waals surface area (Å²) in [5.74, 6) is -1.68. The first-order chi connectivity index (χ1) is 25.9. The van der Waals surface area contributed by atoms with Crippen molar-refractivity contribution in [3.05, 3.63) is 79.8 Å². The number of nitrogens with zero attached hydrogens (tertiary/aromatic N) is 5. The van der Waals surface area contributed by atoms with Gasteiger partial charge in [0.05, 0.1) is 10.6 Å². The van der Waals surface area contributed by atoms with Crippen molar-refractivity contribution in [3.8, 4) is 23.0 Å². The fourth-order valence-electron chi connectivity index (χ4n) is 5.34. The molecule has 55 heavy (non-hydrogen) atoms. The van der Waals surface area contributed by atoms with Crippen molar-refractivity contribution in [3.63, 3.8) is 0 Å². The smallest absolute Gasteiger partial charge is 0.315 e. The average molecular weight is 919 g/mol. The molecule has 18 nitrogen and oxygen atoms in total. The van der Waals surface area contributed by atoms with Crippen LogP contribution in [0.1, 0.15) is 6.92 Å². The molecule has 5 N–H and O–H groups in total. The van der Waals surface area contributed by atoms with Crippen LogP contribution in [-0.4, -0.2) is 61.9 Å². The van der Waals surface area contributed by atoms with Gasteiger partial charge in [0.1, 0.15) is 32.1 Å². The maximum Gasteiger partial charge on any atom is 0.315 e. The van der Waals surface area contributed by atoms with Crippen LogP contribution in [0.4, 0.5) is 39.0 Å². The molecule has 0 amide bonds. The summed E-state index contributed by atoms with van der Waals surface area (Å²) in [6.07, 6.45) is -1.14. The van der Waals surface area contributed by atoms with E-state index in [9.17, 15) is 38.7 Å². The van der Waals surface area contributed by atoms with Gasteiger partial charge in [-0.3, -0.25) is 9.11 Å². The van der Waals surface area contributed by atoms with Crippen LogP contribution < -0.4 is 36.1 Å². The highest BCUT2D eigenvalue weighted by Gasteiger charge is 2.34. The van der Waals surface area contributed by atoms with Gasteiger partial charge in [-0.1, -0.05) is 23.2 Å². The molecule has 25 heteroatoms. The van der Waals surface area contributed by atoms with Crippen molar-refractivity contribution < 1.29 is 48.2 Å². The van der Waals surface area contributed by atoms with E-state index in [0.717, 1.165) is 0 Å². The molecular weight excluding hydrogens is 898 g/mol. The van der Waals surface area contributed by atoms with Gasteiger partial charge < -0.3 is 25.4 Å². The Morgan fingerprint density at radius 2 is 1.35 bits per heavy atom. The maximum atomic E-state index is 14.3. The van der Waals surface area contributed by atoms with Crippen LogP contribution in [0.2, 0.25) is 10.0 Å². The summed E-state index contributed by atoms with van der Waals surface area (Å²) >= 11 is 16.4. The molecule has 0 aliphatic carbocycles. The molecule has 2 aliphatic heterocycles. The first-order valence-corrected chi connectivity index (χ1v) is 20.7. The van der Waals surface area contributed by atoms with Crippen molar-refractivity contribution >= 4 is 105 Å². The number of ether oxygens (including phenoxy) is 2. The molecule has 1 unspecified atom stereocenters. The zero-order valence-electron chi connectivity index (χ0n) is 27.1. The molecule has 1 aromatic heterocycles. The van der Waals surface area contributed by atoms with Crippen LogP contribution >= 0.6 is 39.1 Å². The molecule has 2 aliphatic rings. The normalized spacial score (nSPS) is 13.5. The number of halogens is 4. The third kappa shape index (κ3) is 7.60.